The quantitative estimate of drug-likeness (QED) is 0.854. The van der Waals surface area contributed by atoms with Gasteiger partial charge in [-0.1, -0.05) is 17.7 Å². The summed E-state index contributed by atoms with van der Waals surface area (Å²) in [5.74, 6) is 0. The first-order valence-electron chi connectivity index (χ1n) is 5.29. The third kappa shape index (κ3) is 3.67. The molecule has 0 saturated carbocycles. The summed E-state index contributed by atoms with van der Waals surface area (Å²) in [5.41, 5.74) is 1.91. The van der Waals surface area contributed by atoms with Gasteiger partial charge >= 0.3 is 0 Å². The molecule has 0 spiro atoms. The molecule has 1 N–H and O–H groups in total. The number of anilines is 1. The van der Waals surface area contributed by atoms with Crippen molar-refractivity contribution in [3.8, 4) is 0 Å². The number of likely N-dealkylation sites (N-methyl/N-ethyl adjacent to an activating group) is 2. The molecule has 1 aromatic carbocycles. The van der Waals surface area contributed by atoms with Gasteiger partial charge in [0, 0.05) is 36.4 Å². The standard InChI is InChI=1S/C12H19ClN2O/c1-14(2)6-7-15(3)12-8-11(13)5-4-10(12)9-16/h4-5,8,16H,6-7,9H2,1-3H3. The number of rotatable bonds is 5. The average molecular weight is 243 g/mol. The highest BCUT2D eigenvalue weighted by Gasteiger charge is 2.07. The molecule has 1 aromatic rings. The van der Waals surface area contributed by atoms with E-state index in [-0.39, 0.29) is 6.61 Å². The molecule has 0 amide bonds. The number of hydrogen-bond donors (Lipinski definition) is 1. The van der Waals surface area contributed by atoms with Crippen molar-refractivity contribution in [2.45, 2.75) is 6.61 Å². The molecule has 0 bridgehead atoms. The Hall–Kier alpha value is -0.770. The van der Waals surface area contributed by atoms with Crippen LogP contribution in [0.1, 0.15) is 5.56 Å². The maximum Gasteiger partial charge on any atom is 0.0702 e. The molecule has 90 valence electrons. The third-order valence-electron chi connectivity index (χ3n) is 2.51. The molecule has 4 heteroatoms. The van der Waals surface area contributed by atoms with Crippen molar-refractivity contribution in [3.63, 3.8) is 0 Å². The highest BCUT2D eigenvalue weighted by atomic mass is 35.5. The van der Waals surface area contributed by atoms with E-state index in [0.717, 1.165) is 24.3 Å². The fourth-order valence-electron chi connectivity index (χ4n) is 1.50. The lowest BCUT2D eigenvalue weighted by molar-refractivity contribution is 0.282. The maximum atomic E-state index is 9.26. The van der Waals surface area contributed by atoms with Gasteiger partial charge in [-0.2, -0.15) is 0 Å². The summed E-state index contributed by atoms with van der Waals surface area (Å²) in [4.78, 5) is 4.23. The average Bonchev–Trinajstić information content (AvgIpc) is 2.25. The molecule has 0 fully saturated rings. The smallest absolute Gasteiger partial charge is 0.0702 e. The molecule has 1 rings (SSSR count). The van der Waals surface area contributed by atoms with Crippen LogP contribution < -0.4 is 4.90 Å². The van der Waals surface area contributed by atoms with Crippen LogP contribution in [0.25, 0.3) is 0 Å². The van der Waals surface area contributed by atoms with Crippen molar-refractivity contribution >= 4 is 17.3 Å². The second-order valence-electron chi connectivity index (χ2n) is 4.16. The molecule has 0 aliphatic heterocycles. The molecule has 0 aliphatic carbocycles. The number of benzene rings is 1. The molecular formula is C12H19ClN2O. The van der Waals surface area contributed by atoms with Gasteiger partial charge in [0.15, 0.2) is 0 Å². The van der Waals surface area contributed by atoms with E-state index in [1.165, 1.54) is 0 Å². The summed E-state index contributed by atoms with van der Waals surface area (Å²) in [6.07, 6.45) is 0. The summed E-state index contributed by atoms with van der Waals surface area (Å²) < 4.78 is 0. The minimum Gasteiger partial charge on any atom is -0.392 e. The van der Waals surface area contributed by atoms with E-state index in [0.29, 0.717) is 5.02 Å². The van der Waals surface area contributed by atoms with E-state index < -0.39 is 0 Å². The lowest BCUT2D eigenvalue weighted by Gasteiger charge is -2.23. The van der Waals surface area contributed by atoms with E-state index in [1.54, 1.807) is 6.07 Å². The highest BCUT2D eigenvalue weighted by molar-refractivity contribution is 6.30. The van der Waals surface area contributed by atoms with Gasteiger partial charge in [-0.25, -0.2) is 0 Å². The third-order valence-corrected chi connectivity index (χ3v) is 2.75. The first-order chi connectivity index (χ1) is 7.54. The first-order valence-corrected chi connectivity index (χ1v) is 5.67. The largest absolute Gasteiger partial charge is 0.392 e. The van der Waals surface area contributed by atoms with Gasteiger partial charge in [0.2, 0.25) is 0 Å². The summed E-state index contributed by atoms with van der Waals surface area (Å²) in [6.45, 7) is 1.91. The van der Waals surface area contributed by atoms with Crippen molar-refractivity contribution < 1.29 is 5.11 Å². The number of hydrogen-bond acceptors (Lipinski definition) is 3. The van der Waals surface area contributed by atoms with Gasteiger partial charge in [-0.3, -0.25) is 0 Å². The molecule has 0 aromatic heterocycles. The van der Waals surface area contributed by atoms with Crippen molar-refractivity contribution in [2.24, 2.45) is 0 Å². The van der Waals surface area contributed by atoms with Crippen LogP contribution >= 0.6 is 11.6 Å². The van der Waals surface area contributed by atoms with Crippen LogP contribution in [0, 0.1) is 0 Å². The van der Waals surface area contributed by atoms with Crippen molar-refractivity contribution in [1.82, 2.24) is 4.90 Å². The molecule has 0 unspecified atom stereocenters. The zero-order valence-corrected chi connectivity index (χ0v) is 10.8. The van der Waals surface area contributed by atoms with Gasteiger partial charge in [0.1, 0.15) is 0 Å². The fraction of sp³-hybridized carbons (Fsp3) is 0.500. The van der Waals surface area contributed by atoms with E-state index in [4.69, 9.17) is 11.6 Å². The second kappa shape index (κ2) is 6.09. The number of halogens is 1. The maximum absolute atomic E-state index is 9.26. The summed E-state index contributed by atoms with van der Waals surface area (Å²) in [5, 5.41) is 9.95. The lowest BCUT2D eigenvalue weighted by atomic mass is 10.1. The second-order valence-corrected chi connectivity index (χ2v) is 4.59. The van der Waals surface area contributed by atoms with Gasteiger partial charge in [-0.15, -0.1) is 0 Å². The Balaban J connectivity index is 2.80. The highest BCUT2D eigenvalue weighted by Crippen LogP contribution is 2.23. The molecule has 0 saturated heterocycles. The Morgan fingerprint density at radius 1 is 1.19 bits per heavy atom. The molecule has 0 atom stereocenters. The van der Waals surface area contributed by atoms with Crippen LogP contribution in [0.15, 0.2) is 18.2 Å². The monoisotopic (exact) mass is 242 g/mol. The zero-order valence-electron chi connectivity index (χ0n) is 10.1. The van der Waals surface area contributed by atoms with Gasteiger partial charge in [0.05, 0.1) is 6.61 Å². The van der Waals surface area contributed by atoms with Crippen molar-refractivity contribution in [3.05, 3.63) is 28.8 Å². The topological polar surface area (TPSA) is 26.7 Å². The van der Waals surface area contributed by atoms with E-state index in [9.17, 15) is 5.11 Å². The van der Waals surface area contributed by atoms with Crippen LogP contribution in [0.2, 0.25) is 5.02 Å². The van der Waals surface area contributed by atoms with E-state index in [2.05, 4.69) is 9.80 Å². The Kier molecular flexibility index (Phi) is 5.06. The molecule has 0 heterocycles. The Bertz CT molecular complexity index is 342. The summed E-state index contributed by atoms with van der Waals surface area (Å²) in [7, 11) is 6.09. The molecule has 0 aliphatic rings. The van der Waals surface area contributed by atoms with Crippen molar-refractivity contribution in [2.75, 3.05) is 39.1 Å². The van der Waals surface area contributed by atoms with Gasteiger partial charge in [0.25, 0.3) is 0 Å². The normalized spacial score (nSPS) is 10.9. The predicted octanol–water partition coefficient (Wildman–Crippen LogP) is 1.83. The van der Waals surface area contributed by atoms with Gasteiger partial charge < -0.3 is 14.9 Å². The van der Waals surface area contributed by atoms with Crippen LogP contribution in [-0.2, 0) is 6.61 Å². The molecule has 0 radical (unpaired) electrons. The molecule has 16 heavy (non-hydrogen) atoms. The van der Waals surface area contributed by atoms with E-state index in [1.807, 2.05) is 33.3 Å². The number of aliphatic hydroxyl groups is 1. The Morgan fingerprint density at radius 3 is 2.44 bits per heavy atom. The molecular weight excluding hydrogens is 224 g/mol. The summed E-state index contributed by atoms with van der Waals surface area (Å²) in [6, 6.07) is 5.56. The van der Waals surface area contributed by atoms with Crippen LogP contribution in [0.3, 0.4) is 0 Å². The minimum atomic E-state index is 0.0405. The zero-order chi connectivity index (χ0) is 12.1. The van der Waals surface area contributed by atoms with Crippen LogP contribution in [0.4, 0.5) is 5.69 Å². The minimum absolute atomic E-state index is 0.0405. The Morgan fingerprint density at radius 2 is 1.88 bits per heavy atom. The molecule has 3 nitrogen and oxygen atoms in total. The predicted molar refractivity (Wildman–Crippen MR) is 69.2 cm³/mol. The van der Waals surface area contributed by atoms with Crippen LogP contribution in [0.5, 0.6) is 0 Å². The van der Waals surface area contributed by atoms with E-state index >= 15 is 0 Å². The lowest BCUT2D eigenvalue weighted by Crippen LogP contribution is -2.29. The van der Waals surface area contributed by atoms with Gasteiger partial charge in [-0.05, 0) is 26.2 Å². The Labute approximate surface area is 102 Å². The number of aliphatic hydroxyl groups excluding tert-OH is 1. The summed E-state index contributed by atoms with van der Waals surface area (Å²) >= 11 is 5.96. The fourth-order valence-corrected chi connectivity index (χ4v) is 1.66. The SMILES string of the molecule is CN(C)CCN(C)c1cc(Cl)ccc1CO. The first kappa shape index (κ1) is 13.3. The van der Waals surface area contributed by atoms with Crippen molar-refractivity contribution in [1.29, 1.82) is 0 Å². The number of nitrogens with zero attached hydrogens (tertiary/aromatic N) is 2. The van der Waals surface area contributed by atoms with Crippen LogP contribution in [-0.4, -0.2) is 44.2 Å².